The lowest BCUT2D eigenvalue weighted by atomic mass is 10.5. The zero-order valence-corrected chi connectivity index (χ0v) is 8.64. The van der Waals surface area contributed by atoms with Gasteiger partial charge in [0.05, 0.1) is 5.69 Å². The first-order chi connectivity index (χ1) is 6.90. The van der Waals surface area contributed by atoms with Gasteiger partial charge in [0.2, 0.25) is 0 Å². The lowest BCUT2D eigenvalue weighted by Crippen LogP contribution is -2.11. The molecule has 14 heavy (non-hydrogen) atoms. The van der Waals surface area contributed by atoms with E-state index in [0.717, 1.165) is 29.6 Å². The monoisotopic (exact) mass is 209 g/mol. The molecule has 5 nitrogen and oxygen atoms in total. The van der Waals surface area contributed by atoms with Gasteiger partial charge in [-0.05, 0) is 6.54 Å². The van der Waals surface area contributed by atoms with Gasteiger partial charge in [0.25, 0.3) is 0 Å². The predicted octanol–water partition coefficient (Wildman–Crippen LogP) is 1.04. The van der Waals surface area contributed by atoms with Crippen molar-refractivity contribution in [1.29, 1.82) is 0 Å². The Labute approximate surface area is 85.6 Å². The van der Waals surface area contributed by atoms with Crippen LogP contribution in [0, 0.1) is 0 Å². The molecule has 74 valence electrons. The third kappa shape index (κ3) is 1.97. The van der Waals surface area contributed by atoms with Crippen LogP contribution in [0.4, 0.5) is 0 Å². The third-order valence-electron chi connectivity index (χ3n) is 1.73. The van der Waals surface area contributed by atoms with Crippen LogP contribution in [-0.2, 0) is 6.54 Å². The molecule has 6 heteroatoms. The molecule has 0 saturated heterocycles. The number of aromatic amines is 1. The fraction of sp³-hybridized carbons (Fsp3) is 0.375. The number of nitrogens with one attached hydrogen (secondary N) is 2. The van der Waals surface area contributed by atoms with Gasteiger partial charge in [-0.2, -0.15) is 5.10 Å². The van der Waals surface area contributed by atoms with Gasteiger partial charge in [-0.3, -0.25) is 5.10 Å². The highest BCUT2D eigenvalue weighted by atomic mass is 32.1. The smallest absolute Gasteiger partial charge is 0.184 e. The van der Waals surface area contributed by atoms with Crippen LogP contribution in [-0.4, -0.2) is 26.7 Å². The standard InChI is InChI=1S/C8H11N5S/c1-2-9-3-6-4-14-8(12-6)7-10-5-11-13-7/h4-5,9H,2-3H2,1H3,(H,10,11,13). The second kappa shape index (κ2) is 4.30. The van der Waals surface area contributed by atoms with Crippen molar-refractivity contribution in [2.24, 2.45) is 0 Å². The van der Waals surface area contributed by atoms with Crippen molar-refractivity contribution in [3.05, 3.63) is 17.4 Å². The van der Waals surface area contributed by atoms with Gasteiger partial charge in [-0.15, -0.1) is 11.3 Å². The van der Waals surface area contributed by atoms with Crippen molar-refractivity contribution in [3.63, 3.8) is 0 Å². The fourth-order valence-corrected chi connectivity index (χ4v) is 1.82. The molecule has 0 unspecified atom stereocenters. The SMILES string of the molecule is CCNCc1csc(-c2ncn[nH]2)n1. The average molecular weight is 209 g/mol. The first kappa shape index (κ1) is 9.29. The van der Waals surface area contributed by atoms with Gasteiger partial charge in [0.15, 0.2) is 10.8 Å². The maximum atomic E-state index is 4.41. The summed E-state index contributed by atoms with van der Waals surface area (Å²) in [5.41, 5.74) is 1.04. The van der Waals surface area contributed by atoms with E-state index in [-0.39, 0.29) is 0 Å². The van der Waals surface area contributed by atoms with E-state index in [4.69, 9.17) is 0 Å². The number of rotatable bonds is 4. The number of aromatic nitrogens is 4. The highest BCUT2D eigenvalue weighted by Crippen LogP contribution is 2.18. The highest BCUT2D eigenvalue weighted by Gasteiger charge is 2.05. The Kier molecular flexibility index (Phi) is 2.85. The van der Waals surface area contributed by atoms with Crippen molar-refractivity contribution in [1.82, 2.24) is 25.5 Å². The normalized spacial score (nSPS) is 10.6. The Morgan fingerprint density at radius 3 is 3.21 bits per heavy atom. The highest BCUT2D eigenvalue weighted by molar-refractivity contribution is 7.13. The Bertz CT molecular complexity index is 380. The van der Waals surface area contributed by atoms with Crippen LogP contribution >= 0.6 is 11.3 Å². The van der Waals surface area contributed by atoms with E-state index < -0.39 is 0 Å². The predicted molar refractivity (Wildman–Crippen MR) is 54.9 cm³/mol. The molecule has 0 fully saturated rings. The quantitative estimate of drug-likeness (QED) is 0.789. The van der Waals surface area contributed by atoms with Gasteiger partial charge < -0.3 is 5.32 Å². The zero-order chi connectivity index (χ0) is 9.80. The Morgan fingerprint density at radius 1 is 1.57 bits per heavy atom. The lowest BCUT2D eigenvalue weighted by Gasteiger charge is -1.94. The fourth-order valence-electron chi connectivity index (χ4n) is 1.06. The Balaban J connectivity index is 2.10. The van der Waals surface area contributed by atoms with Crippen molar-refractivity contribution in [2.75, 3.05) is 6.54 Å². The van der Waals surface area contributed by atoms with Gasteiger partial charge in [-0.25, -0.2) is 9.97 Å². The van der Waals surface area contributed by atoms with Gasteiger partial charge in [0.1, 0.15) is 6.33 Å². The maximum Gasteiger partial charge on any atom is 0.184 e. The third-order valence-corrected chi connectivity index (χ3v) is 2.62. The molecule has 0 aromatic carbocycles. The van der Waals surface area contributed by atoms with E-state index in [1.807, 2.05) is 5.38 Å². The molecule has 0 aliphatic carbocycles. The first-order valence-corrected chi connectivity index (χ1v) is 5.29. The summed E-state index contributed by atoms with van der Waals surface area (Å²) < 4.78 is 0. The second-order valence-electron chi connectivity index (χ2n) is 2.76. The lowest BCUT2D eigenvalue weighted by molar-refractivity contribution is 0.714. The van der Waals surface area contributed by atoms with Gasteiger partial charge in [0, 0.05) is 11.9 Å². The van der Waals surface area contributed by atoms with Gasteiger partial charge >= 0.3 is 0 Å². The minimum absolute atomic E-state index is 0.734. The van der Waals surface area contributed by atoms with Crippen LogP contribution in [0.3, 0.4) is 0 Å². The number of thiazole rings is 1. The zero-order valence-electron chi connectivity index (χ0n) is 7.82. The van der Waals surface area contributed by atoms with E-state index in [1.54, 1.807) is 11.3 Å². The van der Waals surface area contributed by atoms with E-state index in [2.05, 4.69) is 32.4 Å². The van der Waals surface area contributed by atoms with Crippen molar-refractivity contribution < 1.29 is 0 Å². The van der Waals surface area contributed by atoms with Crippen LogP contribution < -0.4 is 5.32 Å². The number of nitrogens with zero attached hydrogens (tertiary/aromatic N) is 3. The molecule has 0 aliphatic rings. The largest absolute Gasteiger partial charge is 0.311 e. The molecule has 0 atom stereocenters. The minimum atomic E-state index is 0.734. The van der Waals surface area contributed by atoms with Crippen LogP contribution in [0.5, 0.6) is 0 Å². The molecule has 0 bridgehead atoms. The van der Waals surface area contributed by atoms with Crippen LogP contribution in [0.15, 0.2) is 11.7 Å². The molecule has 2 rings (SSSR count). The summed E-state index contributed by atoms with van der Waals surface area (Å²) in [4.78, 5) is 8.45. The average Bonchev–Trinajstić information content (AvgIpc) is 2.85. The summed E-state index contributed by atoms with van der Waals surface area (Å²) in [5.74, 6) is 0.734. The molecule has 2 aromatic heterocycles. The number of hydrogen-bond donors (Lipinski definition) is 2. The minimum Gasteiger partial charge on any atom is -0.311 e. The second-order valence-corrected chi connectivity index (χ2v) is 3.62. The number of H-pyrrole nitrogens is 1. The van der Waals surface area contributed by atoms with Crippen LogP contribution in [0.1, 0.15) is 12.6 Å². The van der Waals surface area contributed by atoms with Crippen molar-refractivity contribution >= 4 is 11.3 Å². The molecule has 2 heterocycles. The Hall–Kier alpha value is -1.27. The Morgan fingerprint density at radius 2 is 2.50 bits per heavy atom. The molecule has 0 spiro atoms. The summed E-state index contributed by atoms with van der Waals surface area (Å²) in [6, 6.07) is 0. The summed E-state index contributed by atoms with van der Waals surface area (Å²) >= 11 is 1.57. The number of hydrogen-bond acceptors (Lipinski definition) is 5. The topological polar surface area (TPSA) is 66.5 Å². The maximum absolute atomic E-state index is 4.41. The molecular formula is C8H11N5S. The van der Waals surface area contributed by atoms with Crippen LogP contribution in [0.25, 0.3) is 10.8 Å². The van der Waals surface area contributed by atoms with Crippen LogP contribution in [0.2, 0.25) is 0 Å². The molecule has 2 aromatic rings. The molecule has 0 radical (unpaired) electrons. The van der Waals surface area contributed by atoms with Crippen molar-refractivity contribution in [3.8, 4) is 10.8 Å². The van der Waals surface area contributed by atoms with Crippen molar-refractivity contribution in [2.45, 2.75) is 13.5 Å². The summed E-state index contributed by atoms with van der Waals surface area (Å²) in [6.45, 7) is 3.83. The summed E-state index contributed by atoms with van der Waals surface area (Å²) in [5, 5.41) is 12.7. The summed E-state index contributed by atoms with van der Waals surface area (Å²) in [6.07, 6.45) is 1.49. The molecule has 0 aliphatic heterocycles. The molecule has 0 saturated carbocycles. The van der Waals surface area contributed by atoms with Gasteiger partial charge in [-0.1, -0.05) is 6.92 Å². The molecular weight excluding hydrogens is 198 g/mol. The van der Waals surface area contributed by atoms with E-state index in [0.29, 0.717) is 0 Å². The molecule has 0 amide bonds. The van der Waals surface area contributed by atoms with E-state index in [9.17, 15) is 0 Å². The first-order valence-electron chi connectivity index (χ1n) is 4.41. The van der Waals surface area contributed by atoms with E-state index >= 15 is 0 Å². The molecule has 2 N–H and O–H groups in total. The summed E-state index contributed by atoms with van der Waals surface area (Å²) in [7, 11) is 0. The van der Waals surface area contributed by atoms with E-state index in [1.165, 1.54) is 6.33 Å².